The average Bonchev–Trinajstić information content (AvgIpc) is 3.13. The second-order valence-electron chi connectivity index (χ2n) is 7.84. The van der Waals surface area contributed by atoms with Gasteiger partial charge in [-0.15, -0.1) is 0 Å². The van der Waals surface area contributed by atoms with Crippen LogP contribution in [0.2, 0.25) is 0 Å². The molecule has 1 heterocycles. The minimum absolute atomic E-state index is 0.141. The van der Waals surface area contributed by atoms with Gasteiger partial charge in [0.05, 0.1) is 16.5 Å². The van der Waals surface area contributed by atoms with Crippen molar-refractivity contribution in [1.29, 1.82) is 5.26 Å². The van der Waals surface area contributed by atoms with Crippen LogP contribution in [0.1, 0.15) is 28.7 Å². The fourth-order valence-electron chi connectivity index (χ4n) is 3.84. The van der Waals surface area contributed by atoms with E-state index in [0.717, 1.165) is 23.1 Å². The Balaban J connectivity index is 1.39. The van der Waals surface area contributed by atoms with Crippen molar-refractivity contribution in [2.75, 3.05) is 6.54 Å². The summed E-state index contributed by atoms with van der Waals surface area (Å²) in [6, 6.07) is 25.1. The van der Waals surface area contributed by atoms with Crippen LogP contribution in [-0.4, -0.2) is 31.8 Å². The van der Waals surface area contributed by atoms with Crippen LogP contribution in [0, 0.1) is 11.3 Å². The van der Waals surface area contributed by atoms with Crippen LogP contribution in [0.25, 0.3) is 0 Å². The maximum atomic E-state index is 12.8. The normalized spacial score (nSPS) is 16.2. The van der Waals surface area contributed by atoms with E-state index in [2.05, 4.69) is 10.8 Å². The van der Waals surface area contributed by atoms with Gasteiger partial charge >= 0.3 is 0 Å². The number of sulfonamides is 1. The SMILES string of the molecule is N#Cc1cccc(CN2CC[C@H](NS(=O)(=O)c3ccc(Cc4ccccc4)cc3)C2=O)c1. The van der Waals surface area contributed by atoms with E-state index in [-0.39, 0.29) is 10.8 Å². The summed E-state index contributed by atoms with van der Waals surface area (Å²) in [5.74, 6) is -0.253. The monoisotopic (exact) mass is 445 g/mol. The second kappa shape index (κ2) is 9.35. The lowest BCUT2D eigenvalue weighted by Gasteiger charge is -2.17. The number of amides is 1. The number of carbonyl (C=O) groups excluding carboxylic acids is 1. The molecule has 162 valence electrons. The lowest BCUT2D eigenvalue weighted by atomic mass is 10.1. The van der Waals surface area contributed by atoms with Gasteiger partial charge in [-0.25, -0.2) is 8.42 Å². The van der Waals surface area contributed by atoms with Gasteiger partial charge in [0, 0.05) is 13.1 Å². The van der Waals surface area contributed by atoms with Crippen molar-refractivity contribution in [1.82, 2.24) is 9.62 Å². The first-order chi connectivity index (χ1) is 15.4. The molecular formula is C25H23N3O3S. The van der Waals surface area contributed by atoms with E-state index >= 15 is 0 Å². The Labute approximate surface area is 188 Å². The average molecular weight is 446 g/mol. The standard InChI is InChI=1S/C25H23N3O3S/c26-17-21-7-4-8-22(16-21)18-28-14-13-24(25(28)29)27-32(30,31)23-11-9-20(10-12-23)15-19-5-2-1-3-6-19/h1-12,16,24,27H,13-15,18H2/t24-/m0/s1. The number of hydrogen-bond donors (Lipinski definition) is 1. The van der Waals surface area contributed by atoms with Gasteiger partial charge in [-0.2, -0.15) is 9.98 Å². The number of nitriles is 1. The highest BCUT2D eigenvalue weighted by molar-refractivity contribution is 7.89. The van der Waals surface area contributed by atoms with Gasteiger partial charge in [0.2, 0.25) is 15.9 Å². The van der Waals surface area contributed by atoms with Gasteiger partial charge in [-0.3, -0.25) is 4.79 Å². The summed E-state index contributed by atoms with van der Waals surface area (Å²) in [5, 5.41) is 9.04. The molecule has 0 aromatic heterocycles. The third-order valence-corrected chi connectivity index (χ3v) is 7.00. The molecule has 3 aromatic carbocycles. The number of benzene rings is 3. The molecule has 4 rings (SSSR count). The third-order valence-electron chi connectivity index (χ3n) is 5.51. The van der Waals surface area contributed by atoms with Crippen LogP contribution in [0.15, 0.2) is 83.8 Å². The van der Waals surface area contributed by atoms with Crippen molar-refractivity contribution in [3.05, 3.63) is 101 Å². The topological polar surface area (TPSA) is 90.3 Å². The Kier molecular flexibility index (Phi) is 6.35. The molecule has 1 aliphatic rings. The van der Waals surface area contributed by atoms with E-state index in [1.165, 1.54) is 0 Å². The second-order valence-corrected chi connectivity index (χ2v) is 9.55. The van der Waals surface area contributed by atoms with Crippen molar-refractivity contribution >= 4 is 15.9 Å². The molecule has 0 spiro atoms. The van der Waals surface area contributed by atoms with E-state index < -0.39 is 16.1 Å². The molecule has 0 bridgehead atoms. The Morgan fingerprint density at radius 2 is 1.62 bits per heavy atom. The van der Waals surface area contributed by atoms with E-state index in [9.17, 15) is 13.2 Å². The number of nitrogens with zero attached hydrogens (tertiary/aromatic N) is 2. The smallest absolute Gasteiger partial charge is 0.241 e. The van der Waals surface area contributed by atoms with Crippen molar-refractivity contribution in [3.63, 3.8) is 0 Å². The summed E-state index contributed by atoms with van der Waals surface area (Å²) >= 11 is 0. The van der Waals surface area contributed by atoms with E-state index in [4.69, 9.17) is 5.26 Å². The summed E-state index contributed by atoms with van der Waals surface area (Å²) in [6.07, 6.45) is 1.12. The zero-order valence-electron chi connectivity index (χ0n) is 17.4. The molecule has 6 nitrogen and oxygen atoms in total. The van der Waals surface area contributed by atoms with Crippen molar-refractivity contribution in [2.45, 2.75) is 30.3 Å². The molecule has 32 heavy (non-hydrogen) atoms. The van der Waals surface area contributed by atoms with Crippen LogP contribution >= 0.6 is 0 Å². The molecule has 1 saturated heterocycles. The lowest BCUT2D eigenvalue weighted by molar-refractivity contribution is -0.129. The Morgan fingerprint density at radius 3 is 2.34 bits per heavy atom. The van der Waals surface area contributed by atoms with E-state index in [1.54, 1.807) is 47.4 Å². The molecule has 0 saturated carbocycles. The molecule has 1 aliphatic heterocycles. The first-order valence-corrected chi connectivity index (χ1v) is 11.9. The zero-order chi connectivity index (χ0) is 22.6. The first kappa shape index (κ1) is 21.8. The molecule has 3 aromatic rings. The quantitative estimate of drug-likeness (QED) is 0.605. The molecule has 7 heteroatoms. The molecule has 0 radical (unpaired) electrons. The molecule has 1 atom stereocenters. The highest BCUT2D eigenvalue weighted by Crippen LogP contribution is 2.19. The Bertz CT molecular complexity index is 1250. The summed E-state index contributed by atoms with van der Waals surface area (Å²) in [7, 11) is -3.81. The fraction of sp³-hybridized carbons (Fsp3) is 0.200. The van der Waals surface area contributed by atoms with Gasteiger partial charge in [0.1, 0.15) is 6.04 Å². The van der Waals surface area contributed by atoms with Gasteiger partial charge < -0.3 is 4.90 Å². The Hall–Kier alpha value is -3.47. The number of likely N-dealkylation sites (tertiary alicyclic amines) is 1. The number of carbonyl (C=O) groups is 1. The minimum Gasteiger partial charge on any atom is -0.337 e. The zero-order valence-corrected chi connectivity index (χ0v) is 18.3. The number of rotatable bonds is 7. The van der Waals surface area contributed by atoms with Crippen molar-refractivity contribution in [3.8, 4) is 6.07 Å². The van der Waals surface area contributed by atoms with Crippen LogP contribution in [0.4, 0.5) is 0 Å². The summed E-state index contributed by atoms with van der Waals surface area (Å²) in [5.41, 5.74) is 3.54. The summed E-state index contributed by atoms with van der Waals surface area (Å²) < 4.78 is 28.2. The fourth-order valence-corrected chi connectivity index (χ4v) is 5.06. The van der Waals surface area contributed by atoms with Gasteiger partial charge in [0.25, 0.3) is 0 Å². The third kappa shape index (κ3) is 5.05. The summed E-state index contributed by atoms with van der Waals surface area (Å²) in [6.45, 7) is 0.805. The molecule has 1 N–H and O–H groups in total. The lowest BCUT2D eigenvalue weighted by Crippen LogP contribution is -2.41. The predicted octanol–water partition coefficient (Wildman–Crippen LogP) is 3.23. The number of nitrogens with one attached hydrogen (secondary N) is 1. The largest absolute Gasteiger partial charge is 0.337 e. The van der Waals surface area contributed by atoms with E-state index in [0.29, 0.717) is 25.1 Å². The Morgan fingerprint density at radius 1 is 0.938 bits per heavy atom. The predicted molar refractivity (Wildman–Crippen MR) is 121 cm³/mol. The maximum absolute atomic E-state index is 12.8. The van der Waals surface area contributed by atoms with Crippen molar-refractivity contribution < 1.29 is 13.2 Å². The van der Waals surface area contributed by atoms with Crippen LogP contribution in [0.3, 0.4) is 0 Å². The van der Waals surface area contributed by atoms with Crippen LogP contribution < -0.4 is 4.72 Å². The van der Waals surface area contributed by atoms with Gasteiger partial charge in [-0.05, 0) is 53.8 Å². The minimum atomic E-state index is -3.81. The highest BCUT2D eigenvalue weighted by atomic mass is 32.2. The van der Waals surface area contributed by atoms with Crippen molar-refractivity contribution in [2.24, 2.45) is 0 Å². The van der Waals surface area contributed by atoms with E-state index in [1.807, 2.05) is 36.4 Å². The summed E-state index contributed by atoms with van der Waals surface area (Å²) in [4.78, 5) is 14.5. The first-order valence-electron chi connectivity index (χ1n) is 10.4. The van der Waals surface area contributed by atoms with Gasteiger partial charge in [0.15, 0.2) is 0 Å². The maximum Gasteiger partial charge on any atom is 0.241 e. The number of hydrogen-bond acceptors (Lipinski definition) is 4. The highest BCUT2D eigenvalue weighted by Gasteiger charge is 2.34. The molecular weight excluding hydrogens is 422 g/mol. The molecule has 0 unspecified atom stereocenters. The van der Waals surface area contributed by atoms with Gasteiger partial charge in [-0.1, -0.05) is 54.6 Å². The van der Waals surface area contributed by atoms with Crippen LogP contribution in [-0.2, 0) is 27.8 Å². The molecule has 0 aliphatic carbocycles. The molecule has 1 fully saturated rings. The molecule has 1 amide bonds. The van der Waals surface area contributed by atoms with Crippen LogP contribution in [0.5, 0.6) is 0 Å².